The number of nitrogens with one attached hydrogen (secondary N) is 2. The maximum absolute atomic E-state index is 12.0. The SMILES string of the molecule is CC(NC(=O)NCc1ccc(COCC(F)(F)F)cc1)c1ccccn1. The third-order valence-corrected chi connectivity index (χ3v) is 3.49. The van der Waals surface area contributed by atoms with Crippen molar-refractivity contribution in [2.24, 2.45) is 0 Å². The van der Waals surface area contributed by atoms with Crippen LogP contribution >= 0.6 is 0 Å². The number of alkyl halides is 3. The normalized spacial score (nSPS) is 12.5. The Kier molecular flexibility index (Phi) is 6.97. The van der Waals surface area contributed by atoms with E-state index >= 15 is 0 Å². The number of nitrogens with zero attached hydrogens (tertiary/aromatic N) is 1. The molecule has 1 heterocycles. The van der Waals surface area contributed by atoms with Crippen LogP contribution in [-0.2, 0) is 17.9 Å². The van der Waals surface area contributed by atoms with Crippen LogP contribution in [0.1, 0.15) is 29.8 Å². The minimum absolute atomic E-state index is 0.116. The number of carbonyl (C=O) groups excluding carboxylic acids is 1. The van der Waals surface area contributed by atoms with E-state index in [0.717, 1.165) is 11.3 Å². The van der Waals surface area contributed by atoms with Crippen LogP contribution < -0.4 is 10.6 Å². The third kappa shape index (κ3) is 7.10. The van der Waals surface area contributed by atoms with Gasteiger partial charge in [0.05, 0.1) is 18.3 Å². The summed E-state index contributed by atoms with van der Waals surface area (Å²) in [6, 6.07) is 11.7. The summed E-state index contributed by atoms with van der Waals surface area (Å²) in [7, 11) is 0. The zero-order valence-electron chi connectivity index (χ0n) is 14.2. The summed E-state index contributed by atoms with van der Waals surface area (Å²) in [6.07, 6.45) is -2.67. The van der Waals surface area contributed by atoms with Crippen molar-refractivity contribution in [2.45, 2.75) is 32.3 Å². The van der Waals surface area contributed by atoms with E-state index in [4.69, 9.17) is 0 Å². The second kappa shape index (κ2) is 9.19. The molecular formula is C18H20F3N3O2. The second-order valence-electron chi connectivity index (χ2n) is 5.73. The number of pyridine rings is 1. The fraction of sp³-hybridized carbons (Fsp3) is 0.333. The first-order chi connectivity index (χ1) is 12.3. The van der Waals surface area contributed by atoms with E-state index in [1.807, 2.05) is 19.1 Å². The van der Waals surface area contributed by atoms with Gasteiger partial charge in [-0.25, -0.2) is 4.79 Å². The standard InChI is InChI=1S/C18H20F3N3O2/c1-13(16-4-2-3-9-22-16)24-17(25)23-10-14-5-7-15(8-6-14)11-26-12-18(19,20)21/h2-9,13H,10-12H2,1H3,(H2,23,24,25). The summed E-state index contributed by atoms with van der Waals surface area (Å²) in [5.41, 5.74) is 2.21. The molecule has 8 heteroatoms. The summed E-state index contributed by atoms with van der Waals surface area (Å²) in [5, 5.41) is 5.51. The van der Waals surface area contributed by atoms with E-state index < -0.39 is 12.8 Å². The molecule has 1 aromatic carbocycles. The molecule has 2 N–H and O–H groups in total. The largest absolute Gasteiger partial charge is 0.411 e. The van der Waals surface area contributed by atoms with Crippen LogP contribution in [0.25, 0.3) is 0 Å². The molecule has 5 nitrogen and oxygen atoms in total. The number of benzene rings is 1. The summed E-state index contributed by atoms with van der Waals surface area (Å²) >= 11 is 0. The van der Waals surface area contributed by atoms with Crippen molar-refractivity contribution in [3.63, 3.8) is 0 Å². The maximum Gasteiger partial charge on any atom is 0.411 e. The van der Waals surface area contributed by atoms with Gasteiger partial charge in [-0.2, -0.15) is 13.2 Å². The zero-order chi connectivity index (χ0) is 19.0. The van der Waals surface area contributed by atoms with Crippen molar-refractivity contribution in [3.8, 4) is 0 Å². The van der Waals surface area contributed by atoms with E-state index in [1.165, 1.54) is 0 Å². The Bertz CT molecular complexity index is 691. The van der Waals surface area contributed by atoms with Gasteiger partial charge in [0.2, 0.25) is 0 Å². The third-order valence-electron chi connectivity index (χ3n) is 3.49. The molecule has 0 bridgehead atoms. The van der Waals surface area contributed by atoms with Crippen molar-refractivity contribution in [3.05, 3.63) is 65.5 Å². The highest BCUT2D eigenvalue weighted by Gasteiger charge is 2.27. The van der Waals surface area contributed by atoms with E-state index in [2.05, 4.69) is 20.4 Å². The number of urea groups is 1. The Hall–Kier alpha value is -2.61. The summed E-state index contributed by atoms with van der Waals surface area (Å²) < 4.78 is 40.7. The first-order valence-electron chi connectivity index (χ1n) is 8.01. The van der Waals surface area contributed by atoms with Gasteiger partial charge < -0.3 is 15.4 Å². The second-order valence-corrected chi connectivity index (χ2v) is 5.73. The molecule has 0 radical (unpaired) electrons. The fourth-order valence-corrected chi connectivity index (χ4v) is 2.17. The molecule has 0 aliphatic carbocycles. The van der Waals surface area contributed by atoms with Gasteiger partial charge in [-0.15, -0.1) is 0 Å². The van der Waals surface area contributed by atoms with Crippen LogP contribution in [0.3, 0.4) is 0 Å². The number of aromatic nitrogens is 1. The quantitative estimate of drug-likeness (QED) is 0.784. The molecule has 0 saturated heterocycles. The van der Waals surface area contributed by atoms with Gasteiger partial charge in [0.15, 0.2) is 0 Å². The Morgan fingerprint density at radius 2 is 1.85 bits per heavy atom. The highest BCUT2D eigenvalue weighted by Crippen LogP contribution is 2.16. The summed E-state index contributed by atoms with van der Waals surface area (Å²) in [4.78, 5) is 16.1. The highest BCUT2D eigenvalue weighted by atomic mass is 19.4. The zero-order valence-corrected chi connectivity index (χ0v) is 14.2. The lowest BCUT2D eigenvalue weighted by molar-refractivity contribution is -0.176. The molecule has 26 heavy (non-hydrogen) atoms. The molecule has 140 valence electrons. The van der Waals surface area contributed by atoms with Crippen LogP contribution in [0.5, 0.6) is 0 Å². The van der Waals surface area contributed by atoms with Gasteiger partial charge in [0, 0.05) is 12.7 Å². The molecule has 0 spiro atoms. The molecule has 2 amide bonds. The molecule has 2 rings (SSSR count). The molecule has 1 unspecified atom stereocenters. The van der Waals surface area contributed by atoms with E-state index in [-0.39, 0.29) is 18.7 Å². The van der Waals surface area contributed by atoms with Gasteiger partial charge in [-0.3, -0.25) is 4.98 Å². The molecular weight excluding hydrogens is 347 g/mol. The maximum atomic E-state index is 12.0. The van der Waals surface area contributed by atoms with Crippen molar-refractivity contribution in [2.75, 3.05) is 6.61 Å². The molecule has 1 aromatic heterocycles. The number of ether oxygens (including phenoxy) is 1. The van der Waals surface area contributed by atoms with Gasteiger partial charge in [-0.1, -0.05) is 30.3 Å². The molecule has 0 aliphatic heterocycles. The molecule has 0 fully saturated rings. The van der Waals surface area contributed by atoms with Crippen molar-refractivity contribution >= 4 is 6.03 Å². The minimum atomic E-state index is -4.33. The average Bonchev–Trinajstić information content (AvgIpc) is 2.61. The average molecular weight is 367 g/mol. The van der Waals surface area contributed by atoms with Gasteiger partial charge >= 0.3 is 12.2 Å². The lowest BCUT2D eigenvalue weighted by Gasteiger charge is -2.14. The predicted octanol–water partition coefficient (Wildman–Crippen LogP) is 3.72. The number of carbonyl (C=O) groups is 1. The monoisotopic (exact) mass is 367 g/mol. The molecule has 0 aliphatic rings. The summed E-state index contributed by atoms with van der Waals surface area (Å²) in [6.45, 7) is 0.738. The Morgan fingerprint density at radius 3 is 2.46 bits per heavy atom. The number of rotatable bonds is 7. The highest BCUT2D eigenvalue weighted by molar-refractivity contribution is 5.74. The predicted molar refractivity (Wildman–Crippen MR) is 90.2 cm³/mol. The topological polar surface area (TPSA) is 63.2 Å². The van der Waals surface area contributed by atoms with Crippen LogP contribution in [-0.4, -0.2) is 23.8 Å². The van der Waals surface area contributed by atoms with Crippen LogP contribution in [0.4, 0.5) is 18.0 Å². The van der Waals surface area contributed by atoms with E-state index in [0.29, 0.717) is 12.1 Å². The number of hydrogen-bond donors (Lipinski definition) is 2. The van der Waals surface area contributed by atoms with Crippen LogP contribution in [0.15, 0.2) is 48.7 Å². The molecule has 2 aromatic rings. The number of halogens is 3. The fourth-order valence-electron chi connectivity index (χ4n) is 2.17. The van der Waals surface area contributed by atoms with Gasteiger partial charge in [0.1, 0.15) is 6.61 Å². The first kappa shape index (κ1) is 19.7. The van der Waals surface area contributed by atoms with E-state index in [1.54, 1.807) is 36.5 Å². The lowest BCUT2D eigenvalue weighted by atomic mass is 10.1. The van der Waals surface area contributed by atoms with Gasteiger partial charge in [0.25, 0.3) is 0 Å². The van der Waals surface area contributed by atoms with Gasteiger partial charge in [-0.05, 0) is 30.2 Å². The van der Waals surface area contributed by atoms with Crippen molar-refractivity contribution in [1.82, 2.24) is 15.6 Å². The first-order valence-corrected chi connectivity index (χ1v) is 8.01. The number of amides is 2. The van der Waals surface area contributed by atoms with Crippen molar-refractivity contribution < 1.29 is 22.7 Å². The number of hydrogen-bond acceptors (Lipinski definition) is 3. The lowest BCUT2D eigenvalue weighted by Crippen LogP contribution is -2.36. The Balaban J connectivity index is 1.74. The van der Waals surface area contributed by atoms with Crippen LogP contribution in [0, 0.1) is 0 Å². The van der Waals surface area contributed by atoms with Crippen LogP contribution in [0.2, 0.25) is 0 Å². The smallest absolute Gasteiger partial charge is 0.367 e. The van der Waals surface area contributed by atoms with E-state index in [9.17, 15) is 18.0 Å². The van der Waals surface area contributed by atoms with Crippen molar-refractivity contribution in [1.29, 1.82) is 0 Å². The Labute approximate surface area is 149 Å². The molecule has 0 saturated carbocycles. The minimum Gasteiger partial charge on any atom is -0.367 e. The Morgan fingerprint density at radius 1 is 1.15 bits per heavy atom. The summed E-state index contributed by atoms with van der Waals surface area (Å²) in [5.74, 6) is 0. The molecule has 1 atom stereocenters.